The second-order valence-corrected chi connectivity index (χ2v) is 3.45. The van der Waals surface area contributed by atoms with E-state index in [9.17, 15) is 35.5 Å². The van der Waals surface area contributed by atoms with Crippen molar-refractivity contribution in [1.29, 1.82) is 0 Å². The average Bonchev–Trinajstić information content (AvgIpc) is 2.77. The zero-order chi connectivity index (χ0) is 14.9. The van der Waals surface area contributed by atoms with Gasteiger partial charge in [-0.3, -0.25) is 0 Å². The molecule has 10 heteroatoms. The number of halogens is 7. The third-order valence-electron chi connectivity index (χ3n) is 2.03. The Labute approximate surface area is 101 Å². The first-order valence-corrected chi connectivity index (χ1v) is 4.61. The zero-order valence-electron chi connectivity index (χ0n) is 8.90. The van der Waals surface area contributed by atoms with Gasteiger partial charge in [-0.05, 0) is 6.07 Å². The van der Waals surface area contributed by atoms with Gasteiger partial charge in [0.25, 0.3) is 0 Å². The van der Waals surface area contributed by atoms with Crippen molar-refractivity contribution in [2.24, 2.45) is 0 Å². The van der Waals surface area contributed by atoms with Gasteiger partial charge < -0.3 is 9.72 Å². The van der Waals surface area contributed by atoms with E-state index in [4.69, 9.17) is 0 Å². The molecule has 0 amide bonds. The summed E-state index contributed by atoms with van der Waals surface area (Å²) < 4.78 is 89.3. The van der Waals surface area contributed by atoms with E-state index in [1.807, 2.05) is 0 Å². The smallest absolute Gasteiger partial charge is 0.455 e. The van der Waals surface area contributed by atoms with Gasteiger partial charge in [-0.2, -0.15) is 30.7 Å². The van der Waals surface area contributed by atoms with Crippen LogP contribution in [-0.4, -0.2) is 35.6 Å². The lowest BCUT2D eigenvalue weighted by Crippen LogP contribution is -2.54. The number of hydrogen-bond acceptors (Lipinski definition) is 2. The largest absolute Gasteiger partial charge is 0.460 e. The fourth-order valence-corrected chi connectivity index (χ4v) is 0.988. The zero-order valence-corrected chi connectivity index (χ0v) is 8.90. The summed E-state index contributed by atoms with van der Waals surface area (Å²) in [4.78, 5) is 13.4. The van der Waals surface area contributed by atoms with Gasteiger partial charge in [-0.1, -0.05) is 0 Å². The molecule has 0 spiro atoms. The second-order valence-electron chi connectivity index (χ2n) is 3.45. The highest BCUT2D eigenvalue weighted by atomic mass is 19.4. The first kappa shape index (κ1) is 15.3. The Kier molecular flexibility index (Phi) is 3.82. The van der Waals surface area contributed by atoms with Crippen LogP contribution in [0.3, 0.4) is 0 Å². The Morgan fingerprint density at radius 2 is 1.74 bits per heavy atom. The van der Waals surface area contributed by atoms with Gasteiger partial charge in [0, 0.05) is 12.4 Å². The van der Waals surface area contributed by atoms with E-state index in [1.54, 1.807) is 0 Å². The topological polar surface area (TPSA) is 42.1 Å². The molecule has 0 bridgehead atoms. The molecule has 0 unspecified atom stereocenters. The maximum absolute atomic E-state index is 12.7. The van der Waals surface area contributed by atoms with Crippen LogP contribution in [0.1, 0.15) is 10.4 Å². The molecule has 0 aliphatic carbocycles. The molecule has 0 aliphatic heterocycles. The molecule has 1 heterocycles. The highest BCUT2D eigenvalue weighted by molar-refractivity contribution is 5.89. The summed E-state index contributed by atoms with van der Waals surface area (Å²) in [6.45, 7) is -2.39. The summed E-state index contributed by atoms with van der Waals surface area (Å²) in [5.41, 5.74) is -0.286. The number of esters is 1. The first-order chi connectivity index (χ1) is 8.49. The lowest BCUT2D eigenvalue weighted by Gasteiger charge is -2.27. The maximum atomic E-state index is 12.7. The molecule has 0 fully saturated rings. The van der Waals surface area contributed by atoms with Crippen molar-refractivity contribution in [3.8, 4) is 0 Å². The Bertz CT molecular complexity index is 438. The molecule has 1 N–H and O–H groups in total. The third-order valence-corrected chi connectivity index (χ3v) is 2.03. The predicted octanol–water partition coefficient (Wildman–Crippen LogP) is 3.00. The summed E-state index contributed by atoms with van der Waals surface area (Å²) in [6, 6.07) is 1.07. The molecule has 108 valence electrons. The monoisotopic (exact) mass is 293 g/mol. The van der Waals surface area contributed by atoms with Crippen molar-refractivity contribution < 1.29 is 40.3 Å². The maximum Gasteiger partial charge on any atom is 0.460 e. The lowest BCUT2D eigenvalue weighted by molar-refractivity contribution is -0.359. The summed E-state index contributed by atoms with van der Waals surface area (Å²) in [6.07, 6.45) is -4.24. The molecule has 1 aromatic rings. The molecule has 0 saturated carbocycles. The number of hydrogen-bond donors (Lipinski definition) is 1. The van der Waals surface area contributed by atoms with E-state index >= 15 is 0 Å². The fraction of sp³-hybridized carbons (Fsp3) is 0.444. The SMILES string of the molecule is O=C(OCC(F)(F)C(F)(F)C(F)(F)F)c1cc[nH]c1. The number of aromatic amines is 1. The molecule has 0 aromatic carbocycles. The highest BCUT2D eigenvalue weighted by Crippen LogP contribution is 2.46. The lowest BCUT2D eigenvalue weighted by atomic mass is 10.2. The molecular formula is C9H6F7NO2. The van der Waals surface area contributed by atoms with Crippen LogP contribution in [-0.2, 0) is 4.74 Å². The van der Waals surface area contributed by atoms with Crippen molar-refractivity contribution in [3.05, 3.63) is 24.0 Å². The Morgan fingerprint density at radius 3 is 2.16 bits per heavy atom. The van der Waals surface area contributed by atoms with Crippen LogP contribution in [0, 0.1) is 0 Å². The predicted molar refractivity (Wildman–Crippen MR) is 47.0 cm³/mol. The standard InChI is InChI=1S/C9H6F7NO2/c10-7(11,8(12,13)9(14,15)16)4-19-6(18)5-1-2-17-3-5/h1-3,17H,4H2. The molecule has 1 aromatic heterocycles. The molecule has 19 heavy (non-hydrogen) atoms. The minimum Gasteiger partial charge on any atom is -0.455 e. The number of nitrogens with one attached hydrogen (secondary N) is 1. The van der Waals surface area contributed by atoms with E-state index in [1.165, 1.54) is 6.20 Å². The normalized spacial score (nSPS) is 13.4. The minimum absolute atomic E-state index is 0.286. The number of H-pyrrole nitrogens is 1. The molecule has 0 radical (unpaired) electrons. The van der Waals surface area contributed by atoms with Crippen molar-refractivity contribution in [2.45, 2.75) is 18.0 Å². The molecule has 0 atom stereocenters. The Balaban J connectivity index is 2.73. The van der Waals surface area contributed by atoms with E-state index in [0.29, 0.717) is 0 Å². The summed E-state index contributed by atoms with van der Waals surface area (Å²) in [5.74, 6) is -13.3. The molecule has 0 saturated heterocycles. The van der Waals surface area contributed by atoms with Gasteiger partial charge in [-0.25, -0.2) is 4.79 Å². The van der Waals surface area contributed by atoms with Crippen LogP contribution in [0.25, 0.3) is 0 Å². The first-order valence-electron chi connectivity index (χ1n) is 4.61. The molecule has 0 aliphatic rings. The summed E-state index contributed by atoms with van der Waals surface area (Å²) in [5, 5.41) is 0. The number of rotatable bonds is 4. The average molecular weight is 293 g/mol. The van der Waals surface area contributed by atoms with E-state index in [2.05, 4.69) is 9.72 Å². The van der Waals surface area contributed by atoms with Gasteiger partial charge in [-0.15, -0.1) is 0 Å². The number of carbonyl (C=O) groups is 1. The van der Waals surface area contributed by atoms with Crippen molar-refractivity contribution in [1.82, 2.24) is 4.98 Å². The van der Waals surface area contributed by atoms with Crippen LogP contribution in [0.15, 0.2) is 18.5 Å². The van der Waals surface area contributed by atoms with Gasteiger partial charge >= 0.3 is 24.0 Å². The van der Waals surface area contributed by atoms with Crippen molar-refractivity contribution in [2.75, 3.05) is 6.61 Å². The van der Waals surface area contributed by atoms with Crippen LogP contribution in [0.4, 0.5) is 30.7 Å². The summed E-state index contributed by atoms with van der Waals surface area (Å²) >= 11 is 0. The number of carbonyl (C=O) groups excluding carboxylic acids is 1. The highest BCUT2D eigenvalue weighted by Gasteiger charge is 2.73. The quantitative estimate of drug-likeness (QED) is 0.685. The van der Waals surface area contributed by atoms with E-state index < -0.39 is 30.6 Å². The van der Waals surface area contributed by atoms with Crippen LogP contribution < -0.4 is 0 Å². The number of aromatic nitrogens is 1. The van der Waals surface area contributed by atoms with Crippen LogP contribution in [0.5, 0.6) is 0 Å². The van der Waals surface area contributed by atoms with Gasteiger partial charge in [0.1, 0.15) is 0 Å². The van der Waals surface area contributed by atoms with Crippen LogP contribution in [0.2, 0.25) is 0 Å². The second kappa shape index (κ2) is 4.74. The van der Waals surface area contributed by atoms with Gasteiger partial charge in [0.05, 0.1) is 5.56 Å². The molecular weight excluding hydrogens is 287 g/mol. The summed E-state index contributed by atoms with van der Waals surface area (Å²) in [7, 11) is 0. The molecule has 1 rings (SSSR count). The van der Waals surface area contributed by atoms with Crippen molar-refractivity contribution in [3.63, 3.8) is 0 Å². The van der Waals surface area contributed by atoms with Gasteiger partial charge in [0.15, 0.2) is 6.61 Å². The van der Waals surface area contributed by atoms with E-state index in [0.717, 1.165) is 12.3 Å². The van der Waals surface area contributed by atoms with Crippen LogP contribution >= 0.6 is 0 Å². The third kappa shape index (κ3) is 2.99. The molecule has 3 nitrogen and oxygen atoms in total. The number of alkyl halides is 7. The van der Waals surface area contributed by atoms with Crippen molar-refractivity contribution >= 4 is 5.97 Å². The Morgan fingerprint density at radius 1 is 1.16 bits per heavy atom. The van der Waals surface area contributed by atoms with Gasteiger partial charge in [0.2, 0.25) is 0 Å². The minimum atomic E-state index is -6.45. The number of ether oxygens (including phenoxy) is 1. The fourth-order valence-electron chi connectivity index (χ4n) is 0.988. The Hall–Kier alpha value is -1.74. The van der Waals surface area contributed by atoms with E-state index in [-0.39, 0.29) is 5.56 Å².